The number of carbonyl (C=O) groups is 1. The molecule has 4 heteroatoms. The maximum Gasteiger partial charge on any atom is 0.223 e. The number of nitrogens with one attached hydrogen (secondary N) is 1. The molecule has 3 nitrogen and oxygen atoms in total. The molecule has 1 atom stereocenters. The number of amides is 1. The highest BCUT2D eigenvalue weighted by atomic mass is 32.1. The van der Waals surface area contributed by atoms with E-state index >= 15 is 0 Å². The van der Waals surface area contributed by atoms with Crippen LogP contribution in [0.1, 0.15) is 37.8 Å². The number of benzene rings is 1. The maximum absolute atomic E-state index is 11.8. The molecule has 0 saturated heterocycles. The summed E-state index contributed by atoms with van der Waals surface area (Å²) < 4.78 is 0. The Kier molecular flexibility index (Phi) is 5.78. The van der Waals surface area contributed by atoms with Gasteiger partial charge in [-0.1, -0.05) is 50.7 Å². The first-order chi connectivity index (χ1) is 8.54. The Bertz CT molecular complexity index is 432. The van der Waals surface area contributed by atoms with Gasteiger partial charge in [-0.25, -0.2) is 0 Å². The Balaban J connectivity index is 2.55. The largest absolute Gasteiger partial charge is 0.389 e. The van der Waals surface area contributed by atoms with Gasteiger partial charge < -0.3 is 11.1 Å². The van der Waals surface area contributed by atoms with Gasteiger partial charge in [-0.05, 0) is 18.1 Å². The van der Waals surface area contributed by atoms with Crippen molar-refractivity contribution in [1.29, 1.82) is 0 Å². The molecule has 1 aromatic rings. The standard InChI is InChI=1S/C14H20N2OS/c1-3-5-10(2)14(17)16-9-11-6-4-7-12(8-11)13(15)18/h4,6-8,10H,3,5,9H2,1-2H3,(H2,15,18)(H,16,17). The molecule has 0 aliphatic heterocycles. The van der Waals surface area contributed by atoms with E-state index in [2.05, 4.69) is 12.2 Å². The minimum atomic E-state index is 0.0637. The van der Waals surface area contributed by atoms with Crippen molar-refractivity contribution in [2.24, 2.45) is 11.7 Å². The zero-order chi connectivity index (χ0) is 13.5. The first kappa shape index (κ1) is 14.6. The molecule has 0 aromatic heterocycles. The van der Waals surface area contributed by atoms with Gasteiger partial charge in [-0.2, -0.15) is 0 Å². The van der Waals surface area contributed by atoms with Crippen LogP contribution in [0.2, 0.25) is 0 Å². The molecule has 0 spiro atoms. The van der Waals surface area contributed by atoms with Crippen molar-refractivity contribution in [2.75, 3.05) is 0 Å². The smallest absolute Gasteiger partial charge is 0.223 e. The van der Waals surface area contributed by atoms with Crippen LogP contribution in [0.3, 0.4) is 0 Å². The highest BCUT2D eigenvalue weighted by Gasteiger charge is 2.10. The summed E-state index contributed by atoms with van der Waals surface area (Å²) in [6, 6.07) is 7.62. The summed E-state index contributed by atoms with van der Waals surface area (Å²) in [4.78, 5) is 12.1. The molecule has 0 aliphatic carbocycles. The average Bonchev–Trinajstić information content (AvgIpc) is 2.36. The number of nitrogens with two attached hydrogens (primary N) is 1. The molecule has 3 N–H and O–H groups in total. The van der Waals surface area contributed by atoms with Gasteiger partial charge in [0.1, 0.15) is 4.99 Å². The summed E-state index contributed by atoms with van der Waals surface area (Å²) in [5.41, 5.74) is 7.41. The first-order valence-corrected chi connectivity index (χ1v) is 6.62. The van der Waals surface area contributed by atoms with E-state index in [9.17, 15) is 4.79 Å². The van der Waals surface area contributed by atoms with Crippen molar-refractivity contribution >= 4 is 23.1 Å². The van der Waals surface area contributed by atoms with Gasteiger partial charge in [0.15, 0.2) is 0 Å². The topological polar surface area (TPSA) is 55.1 Å². The predicted octanol–water partition coefficient (Wildman–Crippen LogP) is 2.37. The second-order valence-corrected chi connectivity index (χ2v) is 4.91. The van der Waals surface area contributed by atoms with Crippen molar-refractivity contribution in [1.82, 2.24) is 5.32 Å². The summed E-state index contributed by atoms with van der Waals surface area (Å²) in [5.74, 6) is 0.159. The van der Waals surface area contributed by atoms with Crippen molar-refractivity contribution in [3.05, 3.63) is 35.4 Å². The second-order valence-electron chi connectivity index (χ2n) is 4.47. The lowest BCUT2D eigenvalue weighted by Crippen LogP contribution is -2.28. The van der Waals surface area contributed by atoms with Crippen LogP contribution in [-0.4, -0.2) is 10.9 Å². The zero-order valence-corrected chi connectivity index (χ0v) is 11.7. The third-order valence-corrected chi connectivity index (χ3v) is 3.08. The van der Waals surface area contributed by atoms with Crippen LogP contribution in [0.4, 0.5) is 0 Å². The molecule has 0 saturated carbocycles. The lowest BCUT2D eigenvalue weighted by atomic mass is 10.1. The summed E-state index contributed by atoms with van der Waals surface area (Å²) in [6.45, 7) is 4.54. The minimum absolute atomic E-state index is 0.0637. The highest BCUT2D eigenvalue weighted by molar-refractivity contribution is 7.80. The molecule has 0 fully saturated rings. The quantitative estimate of drug-likeness (QED) is 0.776. The molecule has 1 amide bonds. The lowest BCUT2D eigenvalue weighted by molar-refractivity contribution is -0.124. The van der Waals surface area contributed by atoms with Gasteiger partial charge in [-0.15, -0.1) is 0 Å². The molecule has 0 radical (unpaired) electrons. The Hall–Kier alpha value is -1.42. The summed E-state index contributed by atoms with van der Waals surface area (Å²) in [7, 11) is 0. The van der Waals surface area contributed by atoms with Crippen LogP contribution in [0.5, 0.6) is 0 Å². The number of hydrogen-bond donors (Lipinski definition) is 2. The minimum Gasteiger partial charge on any atom is -0.389 e. The second kappa shape index (κ2) is 7.11. The van der Waals surface area contributed by atoms with Gasteiger partial charge in [0.25, 0.3) is 0 Å². The number of carbonyl (C=O) groups excluding carboxylic acids is 1. The molecule has 18 heavy (non-hydrogen) atoms. The fraction of sp³-hybridized carbons (Fsp3) is 0.429. The van der Waals surface area contributed by atoms with Crippen LogP contribution in [0.25, 0.3) is 0 Å². The van der Waals surface area contributed by atoms with E-state index in [-0.39, 0.29) is 11.8 Å². The fourth-order valence-electron chi connectivity index (χ4n) is 1.76. The number of thiocarbonyl (C=S) groups is 1. The van der Waals surface area contributed by atoms with Crippen LogP contribution < -0.4 is 11.1 Å². The summed E-state index contributed by atoms with van der Waals surface area (Å²) >= 11 is 4.92. The molecular weight excluding hydrogens is 244 g/mol. The Labute approximate surface area is 114 Å². The van der Waals surface area contributed by atoms with Gasteiger partial charge in [0.05, 0.1) is 0 Å². The van der Waals surface area contributed by atoms with Gasteiger partial charge >= 0.3 is 0 Å². The Morgan fingerprint density at radius 1 is 1.50 bits per heavy atom. The third kappa shape index (κ3) is 4.45. The molecular formula is C14H20N2OS. The summed E-state index contributed by atoms with van der Waals surface area (Å²) in [6.07, 6.45) is 1.93. The van der Waals surface area contributed by atoms with Crippen LogP contribution in [0, 0.1) is 5.92 Å². The number of rotatable bonds is 6. The van der Waals surface area contributed by atoms with Crippen LogP contribution in [0.15, 0.2) is 24.3 Å². The Morgan fingerprint density at radius 2 is 2.22 bits per heavy atom. The molecule has 1 rings (SSSR count). The third-order valence-electron chi connectivity index (χ3n) is 2.85. The molecule has 0 aliphatic rings. The summed E-state index contributed by atoms with van der Waals surface area (Å²) in [5, 5.41) is 2.93. The van der Waals surface area contributed by atoms with Crippen molar-refractivity contribution < 1.29 is 4.79 Å². The van der Waals surface area contributed by atoms with Gasteiger partial charge in [0, 0.05) is 18.0 Å². The number of hydrogen-bond acceptors (Lipinski definition) is 2. The van der Waals surface area contributed by atoms with Crippen molar-refractivity contribution in [3.63, 3.8) is 0 Å². The lowest BCUT2D eigenvalue weighted by Gasteiger charge is -2.11. The fourth-order valence-corrected chi connectivity index (χ4v) is 1.89. The van der Waals surface area contributed by atoms with E-state index in [0.717, 1.165) is 24.0 Å². The molecule has 1 unspecified atom stereocenters. The van der Waals surface area contributed by atoms with E-state index in [4.69, 9.17) is 18.0 Å². The molecule has 98 valence electrons. The van der Waals surface area contributed by atoms with Crippen molar-refractivity contribution in [3.8, 4) is 0 Å². The molecule has 1 aromatic carbocycles. The normalized spacial score (nSPS) is 11.9. The van der Waals surface area contributed by atoms with E-state index in [1.807, 2.05) is 31.2 Å². The first-order valence-electron chi connectivity index (χ1n) is 6.21. The van der Waals surface area contributed by atoms with E-state index in [1.165, 1.54) is 0 Å². The Morgan fingerprint density at radius 3 is 2.83 bits per heavy atom. The SMILES string of the molecule is CCCC(C)C(=O)NCc1cccc(C(N)=S)c1. The zero-order valence-electron chi connectivity index (χ0n) is 10.9. The van der Waals surface area contributed by atoms with Gasteiger partial charge in [-0.3, -0.25) is 4.79 Å². The monoisotopic (exact) mass is 264 g/mol. The van der Waals surface area contributed by atoms with Gasteiger partial charge in [0.2, 0.25) is 5.91 Å². The van der Waals surface area contributed by atoms with E-state index < -0.39 is 0 Å². The molecule has 0 heterocycles. The predicted molar refractivity (Wildman–Crippen MR) is 78.2 cm³/mol. The van der Waals surface area contributed by atoms with Crippen LogP contribution in [-0.2, 0) is 11.3 Å². The average molecular weight is 264 g/mol. The molecule has 0 bridgehead atoms. The van der Waals surface area contributed by atoms with E-state index in [0.29, 0.717) is 11.5 Å². The highest BCUT2D eigenvalue weighted by Crippen LogP contribution is 2.07. The van der Waals surface area contributed by atoms with Crippen molar-refractivity contribution in [2.45, 2.75) is 33.2 Å². The van der Waals surface area contributed by atoms with E-state index in [1.54, 1.807) is 0 Å². The maximum atomic E-state index is 11.8. The van der Waals surface area contributed by atoms with Crippen LogP contribution >= 0.6 is 12.2 Å².